The number of carbonyl (C=O) groups is 1. The minimum absolute atomic E-state index is 0.0337. The van der Waals surface area contributed by atoms with Crippen molar-refractivity contribution in [1.29, 1.82) is 0 Å². The molecule has 2 aromatic carbocycles. The van der Waals surface area contributed by atoms with Crippen molar-refractivity contribution in [2.75, 3.05) is 20.2 Å². The van der Waals surface area contributed by atoms with Gasteiger partial charge >= 0.3 is 14.0 Å². The Morgan fingerprint density at radius 2 is 1.84 bits per heavy atom. The van der Waals surface area contributed by atoms with Crippen molar-refractivity contribution in [2.24, 2.45) is 0 Å². The molecule has 1 aromatic heterocycles. The largest absolute Gasteiger partial charge is 0.540 e. The van der Waals surface area contributed by atoms with Crippen LogP contribution in [0.4, 0.5) is 8.78 Å². The van der Waals surface area contributed by atoms with Gasteiger partial charge in [-0.3, -0.25) is 9.69 Å². The van der Waals surface area contributed by atoms with Crippen LogP contribution < -0.4 is 10.2 Å². The van der Waals surface area contributed by atoms with E-state index in [4.69, 9.17) is 9.39 Å². The molecule has 160 valence electrons. The van der Waals surface area contributed by atoms with E-state index in [0.29, 0.717) is 5.69 Å². The van der Waals surface area contributed by atoms with Gasteiger partial charge in [-0.2, -0.15) is 4.39 Å². The van der Waals surface area contributed by atoms with Crippen molar-refractivity contribution in [2.45, 2.75) is 19.4 Å². The van der Waals surface area contributed by atoms with E-state index >= 15 is 0 Å². The number of halogens is 2. The predicted octanol–water partition coefficient (Wildman–Crippen LogP) is 2.58. The van der Waals surface area contributed by atoms with E-state index in [-0.39, 0.29) is 16.5 Å². The van der Waals surface area contributed by atoms with Crippen LogP contribution in [0.2, 0.25) is 0 Å². The number of likely N-dealkylation sites (tertiary alicyclic amines) is 1. The summed E-state index contributed by atoms with van der Waals surface area (Å²) in [6, 6.07) is 8.25. The summed E-state index contributed by atoms with van der Waals surface area (Å²) < 4.78 is 39.9. The zero-order valence-corrected chi connectivity index (χ0v) is 17.3. The first-order chi connectivity index (χ1) is 14.9. The molecule has 0 radical (unpaired) electrons. The Labute approximate surface area is 178 Å². The number of benzene rings is 2. The number of ether oxygens (including phenoxy) is 1. The van der Waals surface area contributed by atoms with Crippen LogP contribution >= 0.6 is 0 Å². The van der Waals surface area contributed by atoms with Crippen molar-refractivity contribution in [1.82, 2.24) is 9.47 Å². The number of rotatable bonds is 5. The van der Waals surface area contributed by atoms with Crippen molar-refractivity contribution in [3.8, 4) is 11.4 Å². The summed E-state index contributed by atoms with van der Waals surface area (Å²) in [6.07, 6.45) is 3.66. The quantitative estimate of drug-likeness (QED) is 0.588. The fraction of sp³-hybridized carbons (Fsp3) is 0.273. The first kappa shape index (κ1) is 21.1. The van der Waals surface area contributed by atoms with Crippen LogP contribution in [0.1, 0.15) is 28.8 Å². The van der Waals surface area contributed by atoms with Crippen molar-refractivity contribution in [3.63, 3.8) is 0 Å². The Kier molecular flexibility index (Phi) is 5.78. The molecule has 2 heterocycles. The monoisotopic (exact) mass is 426 g/mol. The molecule has 3 aromatic rings. The summed E-state index contributed by atoms with van der Waals surface area (Å²) in [5.41, 5.74) is 0.648. The van der Waals surface area contributed by atoms with Gasteiger partial charge in [0, 0.05) is 18.4 Å². The molecule has 1 aliphatic heterocycles. The van der Waals surface area contributed by atoms with Gasteiger partial charge in [0.15, 0.2) is 11.6 Å². The highest BCUT2D eigenvalue weighted by molar-refractivity contribution is 6.10. The Bertz CT molecular complexity index is 1210. The number of fused-ring (bicyclic) bond motifs is 1. The van der Waals surface area contributed by atoms with Crippen LogP contribution in [0.5, 0.6) is 5.75 Å². The number of methoxy groups -OCH3 is 1. The number of hydrogen-bond donors (Lipinski definition) is 0. The smallest absolute Gasteiger partial charge is 0.326 e. The Morgan fingerprint density at radius 1 is 1.16 bits per heavy atom. The van der Waals surface area contributed by atoms with Gasteiger partial charge < -0.3 is 14.0 Å². The fourth-order valence-electron chi connectivity index (χ4n) is 4.01. The molecular formula is C22H21BF2N2O4. The lowest BCUT2D eigenvalue weighted by Gasteiger charge is -2.18. The SMILES string of the molecule is BOC(=O)c1cn(-c2ccc(CN3CCCC3)cc2)c2c(OC)c(F)c(F)cc2c1=O. The first-order valence-corrected chi connectivity index (χ1v) is 9.96. The van der Waals surface area contributed by atoms with E-state index in [1.165, 1.54) is 30.7 Å². The molecule has 6 nitrogen and oxygen atoms in total. The number of pyridine rings is 1. The van der Waals surface area contributed by atoms with Gasteiger partial charge in [-0.15, -0.1) is 0 Å². The molecule has 31 heavy (non-hydrogen) atoms. The van der Waals surface area contributed by atoms with Gasteiger partial charge in [0.2, 0.25) is 11.2 Å². The van der Waals surface area contributed by atoms with Crippen LogP contribution in [-0.4, -0.2) is 43.7 Å². The zero-order valence-electron chi connectivity index (χ0n) is 17.3. The molecule has 0 aliphatic carbocycles. The maximum atomic E-state index is 14.5. The van der Waals surface area contributed by atoms with Crippen molar-refractivity contribution < 1.29 is 23.0 Å². The molecule has 4 rings (SSSR count). The minimum atomic E-state index is -1.24. The molecule has 0 unspecified atom stereocenters. The predicted molar refractivity (Wildman–Crippen MR) is 114 cm³/mol. The summed E-state index contributed by atoms with van der Waals surface area (Å²) in [6.45, 7) is 2.95. The van der Waals surface area contributed by atoms with E-state index in [1.54, 1.807) is 12.1 Å². The van der Waals surface area contributed by atoms with E-state index in [9.17, 15) is 18.4 Å². The lowest BCUT2D eigenvalue weighted by Crippen LogP contribution is -2.21. The summed E-state index contributed by atoms with van der Waals surface area (Å²) in [4.78, 5) is 27.4. The third-order valence-corrected chi connectivity index (χ3v) is 5.57. The maximum absolute atomic E-state index is 14.5. The Morgan fingerprint density at radius 3 is 2.45 bits per heavy atom. The van der Waals surface area contributed by atoms with E-state index < -0.39 is 28.8 Å². The second-order valence-electron chi connectivity index (χ2n) is 7.48. The number of carbonyl (C=O) groups excluding carboxylic acids is 1. The third kappa shape index (κ3) is 3.81. The molecule has 9 heteroatoms. The number of aromatic nitrogens is 1. The number of hydrogen-bond acceptors (Lipinski definition) is 5. The highest BCUT2D eigenvalue weighted by Gasteiger charge is 2.23. The minimum Gasteiger partial charge on any atom is -0.540 e. The molecular weight excluding hydrogens is 405 g/mol. The van der Waals surface area contributed by atoms with Gasteiger partial charge in [0.25, 0.3) is 0 Å². The van der Waals surface area contributed by atoms with Crippen LogP contribution in [-0.2, 0) is 11.2 Å². The molecule has 0 amide bonds. The van der Waals surface area contributed by atoms with Crippen LogP contribution in [0.25, 0.3) is 16.6 Å². The van der Waals surface area contributed by atoms with Crippen LogP contribution in [0.3, 0.4) is 0 Å². The molecule has 0 spiro atoms. The van der Waals surface area contributed by atoms with E-state index in [0.717, 1.165) is 39.3 Å². The van der Waals surface area contributed by atoms with Crippen molar-refractivity contribution in [3.05, 3.63) is 69.5 Å². The molecule has 1 fully saturated rings. The second kappa shape index (κ2) is 8.51. The average Bonchev–Trinajstić information content (AvgIpc) is 3.29. The zero-order chi connectivity index (χ0) is 22.1. The standard InChI is InChI=1S/C22H21BF2N2O4/c1-30-21-18(25)17(24)10-15-19(21)27(12-16(20(15)28)22(29)31-23)14-6-4-13(5-7-14)11-26-8-2-3-9-26/h4-7,10,12H,2-3,8-9,11,23H2,1H3. The fourth-order valence-corrected chi connectivity index (χ4v) is 4.01. The van der Waals surface area contributed by atoms with Crippen LogP contribution in [0, 0.1) is 11.6 Å². The van der Waals surface area contributed by atoms with Gasteiger partial charge in [0.1, 0.15) is 11.1 Å². The highest BCUT2D eigenvalue weighted by Crippen LogP contribution is 2.32. The average molecular weight is 426 g/mol. The molecule has 0 atom stereocenters. The maximum Gasteiger partial charge on any atom is 0.326 e. The summed E-state index contributed by atoms with van der Waals surface area (Å²) in [5.74, 6) is -3.73. The second-order valence-corrected chi connectivity index (χ2v) is 7.48. The lowest BCUT2D eigenvalue weighted by atomic mass is 10.1. The molecule has 0 saturated carbocycles. The normalized spacial score (nSPS) is 14.2. The Balaban J connectivity index is 1.91. The van der Waals surface area contributed by atoms with E-state index in [2.05, 4.69) is 4.90 Å². The molecule has 1 aliphatic rings. The van der Waals surface area contributed by atoms with Gasteiger partial charge in [-0.1, -0.05) is 12.1 Å². The molecule has 1 saturated heterocycles. The van der Waals surface area contributed by atoms with Crippen molar-refractivity contribution >= 4 is 24.9 Å². The third-order valence-electron chi connectivity index (χ3n) is 5.57. The summed E-state index contributed by atoms with van der Waals surface area (Å²) in [7, 11) is 2.34. The lowest BCUT2D eigenvalue weighted by molar-refractivity contribution is 0.0748. The van der Waals surface area contributed by atoms with Crippen LogP contribution in [0.15, 0.2) is 41.3 Å². The topological polar surface area (TPSA) is 60.8 Å². The molecule has 0 bridgehead atoms. The highest BCUT2D eigenvalue weighted by atomic mass is 19.2. The summed E-state index contributed by atoms with van der Waals surface area (Å²) in [5, 5.41) is -0.181. The first-order valence-electron chi connectivity index (χ1n) is 9.96. The van der Waals surface area contributed by atoms with Gasteiger partial charge in [-0.05, 0) is 49.7 Å². The molecule has 0 N–H and O–H groups in total. The van der Waals surface area contributed by atoms with Gasteiger partial charge in [0.05, 0.1) is 12.5 Å². The number of nitrogens with zero attached hydrogens (tertiary/aromatic N) is 2. The summed E-state index contributed by atoms with van der Waals surface area (Å²) >= 11 is 0. The van der Waals surface area contributed by atoms with Gasteiger partial charge in [-0.25, -0.2) is 9.18 Å². The van der Waals surface area contributed by atoms with E-state index in [1.807, 2.05) is 12.1 Å². The Hall–Kier alpha value is -3.20.